The van der Waals surface area contributed by atoms with Crippen molar-refractivity contribution < 1.29 is 33.8 Å². The average Bonchev–Trinajstić information content (AvgIpc) is 2.86. The lowest BCUT2D eigenvalue weighted by Gasteiger charge is -2.18. The predicted octanol–water partition coefficient (Wildman–Crippen LogP) is 3.36. The van der Waals surface area contributed by atoms with E-state index < -0.39 is 18.1 Å². The highest BCUT2D eigenvalue weighted by molar-refractivity contribution is 6.28. The van der Waals surface area contributed by atoms with Crippen LogP contribution in [-0.2, 0) is 27.5 Å². The molecule has 172 valence electrons. The van der Waals surface area contributed by atoms with Crippen molar-refractivity contribution in [2.24, 2.45) is 0 Å². The molecule has 0 spiro atoms. The van der Waals surface area contributed by atoms with E-state index in [4.69, 9.17) is 9.47 Å². The summed E-state index contributed by atoms with van der Waals surface area (Å²) in [6.45, 7) is -0.250. The third-order valence-electron chi connectivity index (χ3n) is 5.35. The zero-order valence-electron chi connectivity index (χ0n) is 18.0. The molecule has 0 heterocycles. The Morgan fingerprint density at radius 1 is 0.765 bits per heavy atom. The second-order valence-electron chi connectivity index (χ2n) is 7.70. The fraction of sp³-hybridized carbons (Fsp3) is 0.154. The van der Waals surface area contributed by atoms with Crippen LogP contribution in [0.15, 0.2) is 72.8 Å². The van der Waals surface area contributed by atoms with Crippen LogP contribution in [0, 0.1) is 0 Å². The first-order valence-corrected chi connectivity index (χ1v) is 10.5. The molecule has 1 unspecified atom stereocenters. The molecule has 0 saturated carbocycles. The number of carboxylic acids is 1. The average molecular weight is 459 g/mol. The SMILES string of the molecule is O=C(NC(COCc1ccccc1)C(=O)O)OCc1ccc2c(c1)C(=O)c1ccccc1C2=O. The van der Waals surface area contributed by atoms with E-state index in [1.807, 2.05) is 30.3 Å². The summed E-state index contributed by atoms with van der Waals surface area (Å²) in [5, 5.41) is 11.6. The van der Waals surface area contributed by atoms with E-state index in [1.165, 1.54) is 12.1 Å². The Bertz CT molecular complexity index is 1250. The Morgan fingerprint density at radius 2 is 1.38 bits per heavy atom. The Kier molecular flexibility index (Phi) is 6.79. The summed E-state index contributed by atoms with van der Waals surface area (Å²) < 4.78 is 10.5. The minimum Gasteiger partial charge on any atom is -0.480 e. The number of ketones is 2. The Labute approximate surface area is 195 Å². The number of amides is 1. The number of carbonyl (C=O) groups excluding carboxylic acids is 3. The van der Waals surface area contributed by atoms with Gasteiger partial charge in [-0.2, -0.15) is 0 Å². The Balaban J connectivity index is 1.34. The van der Waals surface area contributed by atoms with Gasteiger partial charge in [-0.25, -0.2) is 9.59 Å². The van der Waals surface area contributed by atoms with Crippen LogP contribution in [0.3, 0.4) is 0 Å². The lowest BCUT2D eigenvalue weighted by atomic mass is 9.83. The van der Waals surface area contributed by atoms with Crippen LogP contribution in [0.2, 0.25) is 0 Å². The largest absolute Gasteiger partial charge is 0.480 e. The van der Waals surface area contributed by atoms with E-state index >= 15 is 0 Å². The number of benzene rings is 3. The molecule has 8 heteroatoms. The zero-order valence-corrected chi connectivity index (χ0v) is 18.0. The molecule has 4 rings (SSSR count). The molecule has 8 nitrogen and oxygen atoms in total. The molecule has 0 radical (unpaired) electrons. The summed E-state index contributed by atoms with van der Waals surface area (Å²) in [5.41, 5.74) is 2.58. The predicted molar refractivity (Wildman–Crippen MR) is 121 cm³/mol. The van der Waals surface area contributed by atoms with Gasteiger partial charge in [0.25, 0.3) is 0 Å². The number of nitrogens with one attached hydrogen (secondary N) is 1. The van der Waals surface area contributed by atoms with Gasteiger partial charge < -0.3 is 19.9 Å². The van der Waals surface area contributed by atoms with Gasteiger partial charge in [-0.1, -0.05) is 60.7 Å². The molecule has 1 aliphatic carbocycles. The van der Waals surface area contributed by atoms with Crippen molar-refractivity contribution in [2.75, 3.05) is 6.61 Å². The van der Waals surface area contributed by atoms with Gasteiger partial charge in [0.05, 0.1) is 13.2 Å². The lowest BCUT2D eigenvalue weighted by molar-refractivity contribution is -0.141. The maximum atomic E-state index is 12.8. The quantitative estimate of drug-likeness (QED) is 0.415. The smallest absolute Gasteiger partial charge is 0.408 e. The number of carboxylic acid groups (broad SMARTS) is 1. The van der Waals surface area contributed by atoms with Crippen molar-refractivity contribution in [3.05, 3.63) is 106 Å². The number of hydrogen-bond donors (Lipinski definition) is 2. The molecule has 0 aromatic heterocycles. The van der Waals surface area contributed by atoms with Gasteiger partial charge in [-0.3, -0.25) is 9.59 Å². The van der Waals surface area contributed by atoms with E-state index in [9.17, 15) is 24.3 Å². The minimum absolute atomic E-state index is 0.201. The van der Waals surface area contributed by atoms with E-state index in [0.29, 0.717) is 22.3 Å². The molecule has 0 saturated heterocycles. The molecule has 0 fully saturated rings. The van der Waals surface area contributed by atoms with Gasteiger partial charge in [-0.05, 0) is 23.3 Å². The summed E-state index contributed by atoms with van der Waals surface area (Å²) >= 11 is 0. The minimum atomic E-state index is -1.30. The molecular formula is C26H21NO7. The summed E-state index contributed by atoms with van der Waals surface area (Å²) in [7, 11) is 0. The molecule has 0 bridgehead atoms. The summed E-state index contributed by atoms with van der Waals surface area (Å²) in [6.07, 6.45) is -0.943. The van der Waals surface area contributed by atoms with Crippen molar-refractivity contribution in [3.63, 3.8) is 0 Å². The monoisotopic (exact) mass is 459 g/mol. The zero-order chi connectivity index (χ0) is 24.1. The molecule has 3 aromatic rings. The van der Waals surface area contributed by atoms with Crippen LogP contribution in [0.5, 0.6) is 0 Å². The van der Waals surface area contributed by atoms with E-state index in [1.54, 1.807) is 30.3 Å². The summed E-state index contributed by atoms with van der Waals surface area (Å²) in [6, 6.07) is 19.1. The maximum Gasteiger partial charge on any atom is 0.408 e. The normalized spacial score (nSPS) is 12.9. The molecule has 1 atom stereocenters. The first kappa shape index (κ1) is 22.9. The summed E-state index contributed by atoms with van der Waals surface area (Å²) in [4.78, 5) is 49.1. The number of ether oxygens (including phenoxy) is 2. The van der Waals surface area contributed by atoms with Gasteiger partial charge >= 0.3 is 12.1 Å². The molecule has 1 aliphatic rings. The number of fused-ring (bicyclic) bond motifs is 2. The Hall–Kier alpha value is -4.30. The molecule has 0 aliphatic heterocycles. The van der Waals surface area contributed by atoms with Crippen molar-refractivity contribution in [3.8, 4) is 0 Å². The topological polar surface area (TPSA) is 119 Å². The third-order valence-corrected chi connectivity index (χ3v) is 5.35. The number of carbonyl (C=O) groups is 4. The standard InChI is InChI=1S/C26H21NO7/c28-23-18-8-4-5-9-19(18)24(29)21-12-17(10-11-20(21)23)14-34-26(32)27-22(25(30)31)15-33-13-16-6-2-1-3-7-16/h1-12,22H,13-15H2,(H,27,32)(H,30,31). The lowest BCUT2D eigenvalue weighted by Crippen LogP contribution is -2.44. The van der Waals surface area contributed by atoms with E-state index in [-0.39, 0.29) is 37.0 Å². The first-order valence-electron chi connectivity index (χ1n) is 10.5. The fourth-order valence-corrected chi connectivity index (χ4v) is 3.61. The highest BCUT2D eigenvalue weighted by Crippen LogP contribution is 2.28. The van der Waals surface area contributed by atoms with Crippen LogP contribution >= 0.6 is 0 Å². The van der Waals surface area contributed by atoms with Crippen molar-refractivity contribution in [1.82, 2.24) is 5.32 Å². The molecule has 34 heavy (non-hydrogen) atoms. The Morgan fingerprint density at radius 3 is 2.06 bits per heavy atom. The van der Waals surface area contributed by atoms with Crippen LogP contribution in [0.1, 0.15) is 43.0 Å². The second-order valence-corrected chi connectivity index (χ2v) is 7.70. The highest BCUT2D eigenvalue weighted by Gasteiger charge is 2.29. The number of aliphatic carboxylic acids is 1. The van der Waals surface area contributed by atoms with E-state index in [0.717, 1.165) is 5.56 Å². The van der Waals surface area contributed by atoms with Crippen LogP contribution in [0.4, 0.5) is 4.79 Å². The number of hydrogen-bond acceptors (Lipinski definition) is 6. The molecule has 2 N–H and O–H groups in total. The number of alkyl carbamates (subject to hydrolysis) is 1. The van der Waals surface area contributed by atoms with Gasteiger partial charge in [0.1, 0.15) is 6.61 Å². The van der Waals surface area contributed by atoms with Gasteiger partial charge in [0.15, 0.2) is 17.6 Å². The van der Waals surface area contributed by atoms with Crippen molar-refractivity contribution in [2.45, 2.75) is 19.3 Å². The number of rotatable bonds is 8. The first-order chi connectivity index (χ1) is 16.4. The van der Waals surface area contributed by atoms with Crippen LogP contribution in [0.25, 0.3) is 0 Å². The molecule has 1 amide bonds. The van der Waals surface area contributed by atoms with Gasteiger partial charge in [0, 0.05) is 22.3 Å². The summed E-state index contributed by atoms with van der Waals surface area (Å²) in [5.74, 6) is -1.78. The third kappa shape index (κ3) is 5.02. The molecular weight excluding hydrogens is 438 g/mol. The van der Waals surface area contributed by atoms with Crippen molar-refractivity contribution in [1.29, 1.82) is 0 Å². The maximum absolute atomic E-state index is 12.8. The van der Waals surface area contributed by atoms with Gasteiger partial charge in [0.2, 0.25) is 0 Å². The fourth-order valence-electron chi connectivity index (χ4n) is 3.61. The van der Waals surface area contributed by atoms with Crippen molar-refractivity contribution >= 4 is 23.6 Å². The van der Waals surface area contributed by atoms with E-state index in [2.05, 4.69) is 5.32 Å². The second kappa shape index (κ2) is 10.1. The molecule has 3 aromatic carbocycles. The highest BCUT2D eigenvalue weighted by atomic mass is 16.5. The van der Waals surface area contributed by atoms with Gasteiger partial charge in [-0.15, -0.1) is 0 Å². The van der Waals surface area contributed by atoms with Crippen LogP contribution < -0.4 is 5.32 Å². The van der Waals surface area contributed by atoms with Crippen LogP contribution in [-0.4, -0.2) is 41.4 Å².